The lowest BCUT2D eigenvalue weighted by molar-refractivity contribution is -0.121. The molecule has 0 saturated heterocycles. The van der Waals surface area contributed by atoms with Gasteiger partial charge in [0, 0.05) is 12.5 Å². The molecule has 1 rings (SSSR count). The van der Waals surface area contributed by atoms with Crippen LogP contribution in [0.15, 0.2) is 18.2 Å². The Morgan fingerprint density at radius 2 is 2.11 bits per heavy atom. The molecule has 100 valence electrons. The summed E-state index contributed by atoms with van der Waals surface area (Å²) in [5.74, 6) is 0.0951. The van der Waals surface area contributed by atoms with Gasteiger partial charge in [-0.05, 0) is 51.3 Å². The molecule has 0 aliphatic carbocycles. The van der Waals surface area contributed by atoms with Crippen molar-refractivity contribution in [3.05, 3.63) is 34.9 Å². The third kappa shape index (κ3) is 4.88. The Kier molecular flexibility index (Phi) is 5.86. The maximum atomic E-state index is 11.6. The zero-order chi connectivity index (χ0) is 13.5. The monoisotopic (exact) mass is 248 g/mol. The van der Waals surface area contributed by atoms with Gasteiger partial charge in [-0.15, -0.1) is 0 Å². The van der Waals surface area contributed by atoms with Crippen molar-refractivity contribution < 1.29 is 4.79 Å². The molecule has 0 aromatic heterocycles. The van der Waals surface area contributed by atoms with Crippen molar-refractivity contribution in [1.29, 1.82) is 0 Å². The zero-order valence-electron chi connectivity index (χ0n) is 11.6. The fourth-order valence-electron chi connectivity index (χ4n) is 2.07. The minimum absolute atomic E-state index is 0.0951. The van der Waals surface area contributed by atoms with Gasteiger partial charge in [-0.3, -0.25) is 4.79 Å². The van der Waals surface area contributed by atoms with E-state index in [1.165, 1.54) is 16.7 Å². The van der Waals surface area contributed by atoms with Gasteiger partial charge in [0.1, 0.15) is 0 Å². The van der Waals surface area contributed by atoms with Crippen LogP contribution in [0, 0.1) is 13.8 Å². The Hall–Kier alpha value is -1.35. The van der Waals surface area contributed by atoms with Crippen molar-refractivity contribution in [2.45, 2.75) is 46.1 Å². The Balaban J connectivity index is 2.48. The van der Waals surface area contributed by atoms with E-state index in [9.17, 15) is 4.79 Å². The Morgan fingerprint density at radius 1 is 1.39 bits per heavy atom. The summed E-state index contributed by atoms with van der Waals surface area (Å²) >= 11 is 0. The number of aryl methyl sites for hydroxylation is 2. The topological polar surface area (TPSA) is 55.1 Å². The van der Waals surface area contributed by atoms with E-state index < -0.39 is 0 Å². The van der Waals surface area contributed by atoms with E-state index in [0.717, 1.165) is 12.8 Å². The number of carbonyl (C=O) groups excluding carboxylic acids is 1. The number of nitrogens with two attached hydrogens (primary N) is 1. The van der Waals surface area contributed by atoms with Crippen molar-refractivity contribution in [2.75, 3.05) is 6.54 Å². The highest BCUT2D eigenvalue weighted by molar-refractivity contribution is 5.76. The number of amides is 1. The summed E-state index contributed by atoms with van der Waals surface area (Å²) in [4.78, 5) is 11.6. The van der Waals surface area contributed by atoms with Gasteiger partial charge < -0.3 is 11.1 Å². The van der Waals surface area contributed by atoms with Gasteiger partial charge in [0.15, 0.2) is 0 Å². The summed E-state index contributed by atoms with van der Waals surface area (Å²) < 4.78 is 0. The Labute approximate surface area is 110 Å². The van der Waals surface area contributed by atoms with Crippen molar-refractivity contribution in [2.24, 2.45) is 5.73 Å². The van der Waals surface area contributed by atoms with Gasteiger partial charge in [0.2, 0.25) is 5.91 Å². The number of hydrogen-bond donors (Lipinski definition) is 2. The first-order valence-corrected chi connectivity index (χ1v) is 6.58. The van der Waals surface area contributed by atoms with E-state index in [-0.39, 0.29) is 11.9 Å². The minimum atomic E-state index is 0.0951. The molecule has 3 nitrogen and oxygen atoms in total. The molecule has 1 amide bonds. The predicted molar refractivity (Wildman–Crippen MR) is 75.5 cm³/mol. The molecule has 3 heteroatoms. The highest BCUT2D eigenvalue weighted by atomic mass is 16.1. The first kappa shape index (κ1) is 14.7. The van der Waals surface area contributed by atoms with Crippen LogP contribution in [-0.2, 0) is 11.2 Å². The number of nitrogens with one attached hydrogen (secondary N) is 1. The van der Waals surface area contributed by atoms with E-state index >= 15 is 0 Å². The number of hydrogen-bond acceptors (Lipinski definition) is 2. The molecule has 1 aromatic rings. The molecular formula is C15H24N2O. The number of benzene rings is 1. The van der Waals surface area contributed by atoms with Crippen molar-refractivity contribution in [3.63, 3.8) is 0 Å². The molecule has 1 unspecified atom stereocenters. The van der Waals surface area contributed by atoms with Crippen LogP contribution < -0.4 is 11.1 Å². The molecule has 0 saturated carbocycles. The standard InChI is InChI=1S/C15H24N2O/c1-11-6-7-14(12(2)9-11)10-13(3)17-15(18)5-4-8-16/h6-7,9,13H,4-5,8,10,16H2,1-3H3,(H,17,18). The molecule has 1 atom stereocenters. The van der Waals surface area contributed by atoms with Crippen LogP contribution in [0.3, 0.4) is 0 Å². The fourth-order valence-corrected chi connectivity index (χ4v) is 2.07. The first-order chi connectivity index (χ1) is 8.52. The maximum Gasteiger partial charge on any atom is 0.220 e. The lowest BCUT2D eigenvalue weighted by Crippen LogP contribution is -2.34. The zero-order valence-corrected chi connectivity index (χ0v) is 11.6. The van der Waals surface area contributed by atoms with Crippen LogP contribution in [0.2, 0.25) is 0 Å². The first-order valence-electron chi connectivity index (χ1n) is 6.58. The summed E-state index contributed by atoms with van der Waals surface area (Å²) in [5, 5.41) is 3.01. The average molecular weight is 248 g/mol. The van der Waals surface area contributed by atoms with Crippen LogP contribution in [0.5, 0.6) is 0 Å². The molecule has 1 aromatic carbocycles. The second kappa shape index (κ2) is 7.17. The number of rotatable bonds is 6. The van der Waals surface area contributed by atoms with Crippen molar-refractivity contribution in [3.8, 4) is 0 Å². The lowest BCUT2D eigenvalue weighted by atomic mass is 10.00. The quantitative estimate of drug-likeness (QED) is 0.810. The molecule has 0 fully saturated rings. The molecule has 0 bridgehead atoms. The molecule has 0 spiro atoms. The van der Waals surface area contributed by atoms with Gasteiger partial charge in [0.05, 0.1) is 0 Å². The minimum Gasteiger partial charge on any atom is -0.353 e. The predicted octanol–water partition coefficient (Wildman–Crippen LogP) is 2.09. The summed E-state index contributed by atoms with van der Waals surface area (Å²) in [6, 6.07) is 6.60. The van der Waals surface area contributed by atoms with E-state index in [4.69, 9.17) is 5.73 Å². The fraction of sp³-hybridized carbons (Fsp3) is 0.533. The van der Waals surface area contributed by atoms with E-state index in [2.05, 4.69) is 37.4 Å². The van der Waals surface area contributed by atoms with E-state index in [1.807, 2.05) is 6.92 Å². The van der Waals surface area contributed by atoms with Crippen LogP contribution in [0.1, 0.15) is 36.5 Å². The molecule has 0 aliphatic heterocycles. The normalized spacial score (nSPS) is 12.2. The highest BCUT2D eigenvalue weighted by Gasteiger charge is 2.09. The third-order valence-corrected chi connectivity index (χ3v) is 3.04. The van der Waals surface area contributed by atoms with E-state index in [1.54, 1.807) is 0 Å². The number of carbonyl (C=O) groups is 1. The largest absolute Gasteiger partial charge is 0.353 e. The second-order valence-corrected chi connectivity index (χ2v) is 4.99. The molecule has 0 heterocycles. The Morgan fingerprint density at radius 3 is 2.72 bits per heavy atom. The van der Waals surface area contributed by atoms with Gasteiger partial charge in [-0.2, -0.15) is 0 Å². The van der Waals surface area contributed by atoms with Crippen molar-refractivity contribution >= 4 is 5.91 Å². The van der Waals surface area contributed by atoms with Gasteiger partial charge in [-0.25, -0.2) is 0 Å². The lowest BCUT2D eigenvalue weighted by Gasteiger charge is -2.15. The van der Waals surface area contributed by atoms with Crippen LogP contribution >= 0.6 is 0 Å². The van der Waals surface area contributed by atoms with Gasteiger partial charge >= 0.3 is 0 Å². The third-order valence-electron chi connectivity index (χ3n) is 3.04. The van der Waals surface area contributed by atoms with Crippen LogP contribution in [0.25, 0.3) is 0 Å². The molecule has 0 aliphatic rings. The van der Waals surface area contributed by atoms with Crippen LogP contribution in [0.4, 0.5) is 0 Å². The smallest absolute Gasteiger partial charge is 0.220 e. The SMILES string of the molecule is Cc1ccc(CC(C)NC(=O)CCCN)c(C)c1. The van der Waals surface area contributed by atoms with E-state index in [0.29, 0.717) is 13.0 Å². The summed E-state index contributed by atoms with van der Waals surface area (Å²) in [6.45, 7) is 6.82. The second-order valence-electron chi connectivity index (χ2n) is 4.99. The van der Waals surface area contributed by atoms with Gasteiger partial charge in [0.25, 0.3) is 0 Å². The summed E-state index contributed by atoms with van der Waals surface area (Å²) in [5.41, 5.74) is 9.25. The average Bonchev–Trinajstić information content (AvgIpc) is 2.30. The summed E-state index contributed by atoms with van der Waals surface area (Å²) in [7, 11) is 0. The Bertz CT molecular complexity index is 401. The van der Waals surface area contributed by atoms with Crippen LogP contribution in [-0.4, -0.2) is 18.5 Å². The van der Waals surface area contributed by atoms with Gasteiger partial charge in [-0.1, -0.05) is 23.8 Å². The highest BCUT2D eigenvalue weighted by Crippen LogP contribution is 2.12. The molecule has 18 heavy (non-hydrogen) atoms. The maximum absolute atomic E-state index is 11.6. The summed E-state index contributed by atoms with van der Waals surface area (Å²) in [6.07, 6.45) is 2.15. The van der Waals surface area contributed by atoms with Crippen molar-refractivity contribution in [1.82, 2.24) is 5.32 Å². The molecule has 3 N–H and O–H groups in total. The molecule has 0 radical (unpaired) electrons. The molecular weight excluding hydrogens is 224 g/mol.